The van der Waals surface area contributed by atoms with Crippen LogP contribution in [0.2, 0.25) is 0 Å². The van der Waals surface area contributed by atoms with Crippen molar-refractivity contribution < 1.29 is 32.6 Å². The highest BCUT2D eigenvalue weighted by Crippen LogP contribution is 2.29. The number of carboxylic acid groups (broad SMARTS) is 1. The first-order valence-electron chi connectivity index (χ1n) is 7.08. The summed E-state index contributed by atoms with van der Waals surface area (Å²) in [6.45, 7) is -0.0423. The molecule has 0 unspecified atom stereocenters. The van der Waals surface area contributed by atoms with Gasteiger partial charge in [0.25, 0.3) is 5.91 Å². The molecular weight excluding hydrogens is 339 g/mol. The molecular formula is C17H14F3NO4. The highest BCUT2D eigenvalue weighted by atomic mass is 19.4. The maximum absolute atomic E-state index is 12.7. The first-order valence-corrected chi connectivity index (χ1v) is 7.08. The van der Waals surface area contributed by atoms with Crippen molar-refractivity contribution >= 4 is 11.9 Å². The van der Waals surface area contributed by atoms with Crippen molar-refractivity contribution in [3.63, 3.8) is 0 Å². The SMILES string of the molecule is COc1ccc(CNC(=O)c2cccc(C(F)(F)F)c2)cc1C(=O)O. The van der Waals surface area contributed by atoms with E-state index in [1.807, 2.05) is 0 Å². The van der Waals surface area contributed by atoms with Crippen molar-refractivity contribution in [3.05, 3.63) is 64.7 Å². The number of aromatic carboxylic acids is 1. The summed E-state index contributed by atoms with van der Waals surface area (Å²) in [6, 6.07) is 8.36. The Morgan fingerprint density at radius 3 is 2.48 bits per heavy atom. The fourth-order valence-electron chi connectivity index (χ4n) is 2.15. The number of carbonyl (C=O) groups excluding carboxylic acids is 1. The molecule has 0 atom stereocenters. The molecule has 132 valence electrons. The normalized spacial score (nSPS) is 11.0. The lowest BCUT2D eigenvalue weighted by molar-refractivity contribution is -0.137. The minimum Gasteiger partial charge on any atom is -0.496 e. The predicted molar refractivity (Wildman–Crippen MR) is 82.6 cm³/mol. The molecule has 2 aromatic carbocycles. The molecule has 2 aromatic rings. The maximum atomic E-state index is 12.7. The summed E-state index contributed by atoms with van der Waals surface area (Å²) < 4.78 is 43.0. The van der Waals surface area contributed by atoms with Crippen LogP contribution in [-0.2, 0) is 12.7 Å². The van der Waals surface area contributed by atoms with E-state index in [4.69, 9.17) is 9.84 Å². The zero-order valence-electron chi connectivity index (χ0n) is 13.1. The minimum atomic E-state index is -4.54. The Bertz CT molecular complexity index is 803. The van der Waals surface area contributed by atoms with Crippen molar-refractivity contribution in [2.75, 3.05) is 7.11 Å². The predicted octanol–water partition coefficient (Wildman–Crippen LogP) is 3.34. The van der Waals surface area contributed by atoms with Crippen molar-refractivity contribution in [2.24, 2.45) is 0 Å². The lowest BCUT2D eigenvalue weighted by Crippen LogP contribution is -2.23. The molecule has 0 aliphatic heterocycles. The van der Waals surface area contributed by atoms with E-state index in [0.29, 0.717) is 5.56 Å². The van der Waals surface area contributed by atoms with Crippen molar-refractivity contribution in [1.29, 1.82) is 0 Å². The number of carbonyl (C=O) groups is 2. The molecule has 2 rings (SSSR count). The van der Waals surface area contributed by atoms with E-state index in [1.165, 1.54) is 25.3 Å². The Labute approximate surface area is 141 Å². The average molecular weight is 353 g/mol. The van der Waals surface area contributed by atoms with Gasteiger partial charge in [-0.15, -0.1) is 0 Å². The maximum Gasteiger partial charge on any atom is 0.416 e. The van der Waals surface area contributed by atoms with E-state index < -0.39 is 23.6 Å². The third-order valence-electron chi connectivity index (χ3n) is 3.40. The molecule has 0 aliphatic carbocycles. The van der Waals surface area contributed by atoms with Crippen LogP contribution >= 0.6 is 0 Å². The molecule has 0 fully saturated rings. The molecule has 0 saturated carbocycles. The van der Waals surface area contributed by atoms with Gasteiger partial charge in [-0.05, 0) is 35.9 Å². The van der Waals surface area contributed by atoms with Gasteiger partial charge in [-0.3, -0.25) is 4.79 Å². The summed E-state index contributed by atoms with van der Waals surface area (Å²) in [5.74, 6) is -1.72. The number of nitrogens with one attached hydrogen (secondary N) is 1. The Hall–Kier alpha value is -3.03. The number of benzene rings is 2. The van der Waals surface area contributed by atoms with Crippen LogP contribution in [0.5, 0.6) is 5.75 Å². The topological polar surface area (TPSA) is 75.6 Å². The Morgan fingerprint density at radius 1 is 1.16 bits per heavy atom. The fourth-order valence-corrected chi connectivity index (χ4v) is 2.15. The molecule has 0 spiro atoms. The van der Waals surface area contributed by atoms with Crippen molar-refractivity contribution in [2.45, 2.75) is 12.7 Å². The number of amides is 1. The smallest absolute Gasteiger partial charge is 0.416 e. The molecule has 0 aromatic heterocycles. The van der Waals surface area contributed by atoms with Crippen LogP contribution in [0.15, 0.2) is 42.5 Å². The van der Waals surface area contributed by atoms with Gasteiger partial charge >= 0.3 is 12.1 Å². The molecule has 0 saturated heterocycles. The summed E-state index contributed by atoms with van der Waals surface area (Å²) in [5.41, 5.74) is -0.661. The quantitative estimate of drug-likeness (QED) is 0.864. The van der Waals surface area contributed by atoms with Gasteiger partial charge in [0.15, 0.2) is 0 Å². The number of halogens is 3. The molecule has 25 heavy (non-hydrogen) atoms. The second-order valence-corrected chi connectivity index (χ2v) is 5.10. The third kappa shape index (κ3) is 4.50. The van der Waals surface area contributed by atoms with E-state index in [9.17, 15) is 22.8 Å². The van der Waals surface area contributed by atoms with Crippen LogP contribution in [0.25, 0.3) is 0 Å². The van der Waals surface area contributed by atoms with Crippen LogP contribution in [0.4, 0.5) is 13.2 Å². The average Bonchev–Trinajstić information content (AvgIpc) is 2.58. The number of ether oxygens (including phenoxy) is 1. The second kappa shape index (κ2) is 7.25. The number of hydrogen-bond donors (Lipinski definition) is 2. The zero-order chi connectivity index (χ0) is 18.6. The monoisotopic (exact) mass is 353 g/mol. The second-order valence-electron chi connectivity index (χ2n) is 5.10. The molecule has 2 N–H and O–H groups in total. The van der Waals surface area contributed by atoms with Gasteiger partial charge in [0.2, 0.25) is 0 Å². The standard InChI is InChI=1S/C17H14F3NO4/c1-25-14-6-5-10(7-13(14)16(23)24)9-21-15(22)11-3-2-4-12(8-11)17(18,19)20/h2-8H,9H2,1H3,(H,21,22)(H,23,24). The van der Waals surface area contributed by atoms with E-state index in [1.54, 1.807) is 6.07 Å². The molecule has 0 bridgehead atoms. The van der Waals surface area contributed by atoms with E-state index >= 15 is 0 Å². The first-order chi connectivity index (χ1) is 11.7. The van der Waals surface area contributed by atoms with Gasteiger partial charge in [-0.1, -0.05) is 12.1 Å². The number of rotatable bonds is 5. The highest BCUT2D eigenvalue weighted by molar-refractivity contribution is 5.94. The third-order valence-corrected chi connectivity index (χ3v) is 3.40. The lowest BCUT2D eigenvalue weighted by atomic mass is 10.1. The van der Waals surface area contributed by atoms with Crippen molar-refractivity contribution in [3.8, 4) is 5.75 Å². The lowest BCUT2D eigenvalue weighted by Gasteiger charge is -2.10. The molecule has 0 aliphatic rings. The zero-order valence-corrected chi connectivity index (χ0v) is 13.1. The van der Waals surface area contributed by atoms with Gasteiger partial charge < -0.3 is 15.2 Å². The highest BCUT2D eigenvalue weighted by Gasteiger charge is 2.30. The van der Waals surface area contributed by atoms with Gasteiger partial charge in [0.05, 0.1) is 12.7 Å². The minimum absolute atomic E-state index is 0.0423. The van der Waals surface area contributed by atoms with Crippen LogP contribution in [-0.4, -0.2) is 24.1 Å². The summed E-state index contributed by atoms with van der Waals surface area (Å²) in [4.78, 5) is 23.2. The number of methoxy groups -OCH3 is 1. The molecule has 5 nitrogen and oxygen atoms in total. The fraction of sp³-hybridized carbons (Fsp3) is 0.176. The van der Waals surface area contributed by atoms with Crippen LogP contribution < -0.4 is 10.1 Å². The first kappa shape index (κ1) is 18.3. The van der Waals surface area contributed by atoms with Gasteiger partial charge in [-0.25, -0.2) is 4.79 Å². The Morgan fingerprint density at radius 2 is 1.88 bits per heavy atom. The molecule has 0 radical (unpaired) electrons. The Balaban J connectivity index is 2.13. The van der Waals surface area contributed by atoms with E-state index in [-0.39, 0.29) is 23.4 Å². The van der Waals surface area contributed by atoms with Crippen LogP contribution in [0.3, 0.4) is 0 Å². The van der Waals surface area contributed by atoms with Crippen LogP contribution in [0.1, 0.15) is 31.8 Å². The summed E-state index contributed by atoms with van der Waals surface area (Å²) >= 11 is 0. The summed E-state index contributed by atoms with van der Waals surface area (Å²) in [6.07, 6.45) is -4.54. The molecule has 1 amide bonds. The van der Waals surface area contributed by atoms with Gasteiger partial charge in [-0.2, -0.15) is 13.2 Å². The number of alkyl halides is 3. The van der Waals surface area contributed by atoms with E-state index in [2.05, 4.69) is 5.32 Å². The number of hydrogen-bond acceptors (Lipinski definition) is 3. The Kier molecular flexibility index (Phi) is 5.31. The number of carboxylic acids is 1. The van der Waals surface area contributed by atoms with Gasteiger partial charge in [0, 0.05) is 12.1 Å². The molecule has 8 heteroatoms. The molecule has 0 heterocycles. The summed E-state index contributed by atoms with van der Waals surface area (Å²) in [7, 11) is 1.33. The summed E-state index contributed by atoms with van der Waals surface area (Å²) in [5, 5.41) is 11.6. The van der Waals surface area contributed by atoms with Gasteiger partial charge in [0.1, 0.15) is 11.3 Å². The largest absolute Gasteiger partial charge is 0.496 e. The van der Waals surface area contributed by atoms with E-state index in [0.717, 1.165) is 18.2 Å². The van der Waals surface area contributed by atoms with Crippen molar-refractivity contribution in [1.82, 2.24) is 5.32 Å². The van der Waals surface area contributed by atoms with Crippen LogP contribution in [0, 0.1) is 0 Å².